The maximum absolute atomic E-state index is 10.5. The first-order chi connectivity index (χ1) is 15.6. The second-order valence-corrected chi connectivity index (χ2v) is 7.93. The van der Waals surface area contributed by atoms with Gasteiger partial charge in [-0.15, -0.1) is 0 Å². The Bertz CT molecular complexity index is 515. The first-order valence-corrected chi connectivity index (χ1v) is 12.1. The molecule has 0 atom stereocenters. The SMILES string of the molecule is C=O.CCCCC.CNC.O=C(O)CCc1ccc(OCCCCC2CCNCC2)cc1. The number of aryl methyl sites for hydroxylation is 1. The van der Waals surface area contributed by atoms with Gasteiger partial charge in [-0.1, -0.05) is 51.7 Å². The average molecular weight is 453 g/mol. The Morgan fingerprint density at radius 3 is 2.09 bits per heavy atom. The molecule has 6 nitrogen and oxygen atoms in total. The summed E-state index contributed by atoms with van der Waals surface area (Å²) < 4.78 is 5.75. The standard InChI is InChI=1S/C18H27NO3.C5H12.C2H7N.CH2O/c20-18(21)9-6-16-4-7-17(8-5-16)22-14-2-1-3-15-10-12-19-13-11-15;1-3-5-4-2;1-3-2;1-2/h4-5,7-8,15,19H,1-3,6,9-14H2,(H,20,21);3-5H2,1-2H3;3H,1-2H3;1H2. The van der Waals surface area contributed by atoms with Gasteiger partial charge in [0.25, 0.3) is 0 Å². The van der Waals surface area contributed by atoms with Gasteiger partial charge in [0.05, 0.1) is 6.61 Å². The molecule has 0 bridgehead atoms. The van der Waals surface area contributed by atoms with E-state index in [2.05, 4.69) is 24.5 Å². The van der Waals surface area contributed by atoms with Crippen LogP contribution >= 0.6 is 0 Å². The topological polar surface area (TPSA) is 87.7 Å². The number of aliphatic carboxylic acids is 1. The van der Waals surface area contributed by atoms with Crippen LogP contribution in [-0.2, 0) is 16.0 Å². The smallest absolute Gasteiger partial charge is 0.303 e. The summed E-state index contributed by atoms with van der Waals surface area (Å²) in [6.07, 6.45) is 11.1. The maximum Gasteiger partial charge on any atom is 0.303 e. The molecular weight excluding hydrogens is 404 g/mol. The molecule has 1 aliphatic heterocycles. The fourth-order valence-electron chi connectivity index (χ4n) is 3.25. The van der Waals surface area contributed by atoms with E-state index in [1.165, 1.54) is 58.0 Å². The lowest BCUT2D eigenvalue weighted by Crippen LogP contribution is -2.27. The van der Waals surface area contributed by atoms with Gasteiger partial charge < -0.3 is 25.3 Å². The molecule has 1 fully saturated rings. The molecule has 1 heterocycles. The van der Waals surface area contributed by atoms with Gasteiger partial charge in [0.1, 0.15) is 12.5 Å². The molecule has 0 aromatic heterocycles. The summed E-state index contributed by atoms with van der Waals surface area (Å²) in [7, 11) is 3.75. The van der Waals surface area contributed by atoms with E-state index in [-0.39, 0.29) is 6.42 Å². The van der Waals surface area contributed by atoms with Crippen LogP contribution in [0.1, 0.15) is 77.2 Å². The monoisotopic (exact) mass is 452 g/mol. The second kappa shape index (κ2) is 25.3. The van der Waals surface area contributed by atoms with E-state index in [1.54, 1.807) is 0 Å². The predicted molar refractivity (Wildman–Crippen MR) is 135 cm³/mol. The van der Waals surface area contributed by atoms with Crippen molar-refractivity contribution in [2.75, 3.05) is 33.8 Å². The van der Waals surface area contributed by atoms with Crippen LogP contribution in [-0.4, -0.2) is 51.7 Å². The van der Waals surface area contributed by atoms with Gasteiger partial charge in [0.2, 0.25) is 0 Å². The van der Waals surface area contributed by atoms with Crippen molar-refractivity contribution in [2.45, 2.75) is 78.1 Å². The zero-order valence-electron chi connectivity index (χ0n) is 21.0. The summed E-state index contributed by atoms with van der Waals surface area (Å²) in [5.74, 6) is 1.02. The molecule has 0 spiro atoms. The molecular formula is C26H48N2O4. The van der Waals surface area contributed by atoms with Crippen molar-refractivity contribution in [1.29, 1.82) is 0 Å². The largest absolute Gasteiger partial charge is 0.494 e. The highest BCUT2D eigenvalue weighted by molar-refractivity contribution is 5.67. The Morgan fingerprint density at radius 2 is 1.62 bits per heavy atom. The third-order valence-electron chi connectivity index (χ3n) is 4.99. The number of rotatable bonds is 11. The normalized spacial score (nSPS) is 12.8. The third kappa shape index (κ3) is 21.3. The van der Waals surface area contributed by atoms with E-state index >= 15 is 0 Å². The Hall–Kier alpha value is -1.92. The van der Waals surface area contributed by atoms with Crippen LogP contribution in [0.15, 0.2) is 24.3 Å². The summed E-state index contributed by atoms with van der Waals surface area (Å²) in [5, 5.41) is 14.8. The van der Waals surface area contributed by atoms with Gasteiger partial charge in [-0.25, -0.2) is 0 Å². The van der Waals surface area contributed by atoms with Crippen LogP contribution in [0.25, 0.3) is 0 Å². The number of carbonyl (C=O) groups is 2. The minimum Gasteiger partial charge on any atom is -0.494 e. The Labute approximate surface area is 196 Å². The van der Waals surface area contributed by atoms with Gasteiger partial charge >= 0.3 is 5.97 Å². The van der Waals surface area contributed by atoms with E-state index in [1.807, 2.05) is 45.1 Å². The zero-order chi connectivity index (χ0) is 24.5. The summed E-state index contributed by atoms with van der Waals surface area (Å²) in [6, 6.07) is 7.77. The van der Waals surface area contributed by atoms with Crippen molar-refractivity contribution >= 4 is 12.8 Å². The maximum atomic E-state index is 10.5. The highest BCUT2D eigenvalue weighted by Gasteiger charge is 2.11. The van der Waals surface area contributed by atoms with Crippen LogP contribution in [0.2, 0.25) is 0 Å². The molecule has 0 unspecified atom stereocenters. The fraction of sp³-hybridized carbons (Fsp3) is 0.692. The lowest BCUT2D eigenvalue weighted by Gasteiger charge is -2.22. The molecule has 0 radical (unpaired) electrons. The van der Waals surface area contributed by atoms with Crippen LogP contribution in [0.3, 0.4) is 0 Å². The number of hydrogen-bond acceptors (Lipinski definition) is 5. The number of unbranched alkanes of at least 4 members (excludes halogenated alkanes) is 3. The number of carboxylic acid groups (broad SMARTS) is 1. The van der Waals surface area contributed by atoms with Crippen molar-refractivity contribution in [1.82, 2.24) is 10.6 Å². The molecule has 0 amide bonds. The molecule has 32 heavy (non-hydrogen) atoms. The molecule has 2 rings (SSSR count). The van der Waals surface area contributed by atoms with E-state index in [0.29, 0.717) is 6.42 Å². The van der Waals surface area contributed by atoms with Gasteiger partial charge in [0, 0.05) is 6.42 Å². The first kappa shape index (κ1) is 32.3. The molecule has 1 aromatic rings. The van der Waals surface area contributed by atoms with Gasteiger partial charge in [-0.2, -0.15) is 0 Å². The number of hydrogen-bond donors (Lipinski definition) is 3. The Balaban J connectivity index is 0. The van der Waals surface area contributed by atoms with Crippen LogP contribution < -0.4 is 15.4 Å². The number of ether oxygens (including phenoxy) is 1. The van der Waals surface area contributed by atoms with Crippen LogP contribution in [0.4, 0.5) is 0 Å². The summed E-state index contributed by atoms with van der Waals surface area (Å²) >= 11 is 0. The van der Waals surface area contributed by atoms with Gasteiger partial charge in [-0.05, 0) is 82.9 Å². The Kier molecular flexibility index (Phi) is 25.5. The molecule has 0 aliphatic carbocycles. The molecule has 1 aromatic carbocycles. The number of piperidine rings is 1. The van der Waals surface area contributed by atoms with Crippen LogP contribution in [0, 0.1) is 5.92 Å². The van der Waals surface area contributed by atoms with Crippen molar-refractivity contribution in [3.05, 3.63) is 29.8 Å². The second-order valence-electron chi connectivity index (χ2n) is 7.93. The predicted octanol–water partition coefficient (Wildman–Crippen LogP) is 5.10. The number of benzene rings is 1. The molecule has 0 saturated carbocycles. The fourth-order valence-corrected chi connectivity index (χ4v) is 3.25. The molecule has 3 N–H and O–H groups in total. The van der Waals surface area contributed by atoms with Crippen molar-refractivity contribution in [3.8, 4) is 5.75 Å². The lowest BCUT2D eigenvalue weighted by molar-refractivity contribution is -0.136. The average Bonchev–Trinajstić information content (AvgIpc) is 2.82. The quantitative estimate of drug-likeness (QED) is 0.405. The van der Waals surface area contributed by atoms with E-state index in [0.717, 1.165) is 30.3 Å². The molecule has 1 aliphatic rings. The molecule has 1 saturated heterocycles. The number of carboxylic acids is 1. The van der Waals surface area contributed by atoms with Gasteiger partial charge in [0.15, 0.2) is 0 Å². The zero-order valence-corrected chi connectivity index (χ0v) is 21.0. The van der Waals surface area contributed by atoms with E-state index in [4.69, 9.17) is 14.6 Å². The highest BCUT2D eigenvalue weighted by atomic mass is 16.5. The highest BCUT2D eigenvalue weighted by Crippen LogP contribution is 2.19. The van der Waals surface area contributed by atoms with E-state index in [9.17, 15) is 4.79 Å². The summed E-state index contributed by atoms with van der Waals surface area (Å²) in [5.41, 5.74) is 1.04. The molecule has 6 heteroatoms. The first-order valence-electron chi connectivity index (χ1n) is 12.1. The third-order valence-corrected chi connectivity index (χ3v) is 4.99. The minimum atomic E-state index is -0.755. The lowest BCUT2D eigenvalue weighted by atomic mass is 9.93. The van der Waals surface area contributed by atoms with Crippen molar-refractivity contribution in [3.63, 3.8) is 0 Å². The Morgan fingerprint density at radius 1 is 1.06 bits per heavy atom. The van der Waals surface area contributed by atoms with E-state index < -0.39 is 5.97 Å². The number of nitrogens with one attached hydrogen (secondary N) is 2. The number of carbonyl (C=O) groups excluding carboxylic acids is 1. The minimum absolute atomic E-state index is 0.177. The van der Waals surface area contributed by atoms with Gasteiger partial charge in [-0.3, -0.25) is 4.79 Å². The van der Waals surface area contributed by atoms with Crippen molar-refractivity contribution < 1.29 is 19.4 Å². The molecule has 186 valence electrons. The van der Waals surface area contributed by atoms with Crippen LogP contribution in [0.5, 0.6) is 5.75 Å². The summed E-state index contributed by atoms with van der Waals surface area (Å²) in [4.78, 5) is 18.5. The van der Waals surface area contributed by atoms with Crippen molar-refractivity contribution in [2.24, 2.45) is 5.92 Å². The summed E-state index contributed by atoms with van der Waals surface area (Å²) in [6.45, 7) is 9.54.